The number of H-pyrrole nitrogens is 1. The minimum absolute atomic E-state index is 0.0104. The van der Waals surface area contributed by atoms with Gasteiger partial charge < -0.3 is 9.72 Å². The molecule has 1 aromatic carbocycles. The molecule has 1 saturated heterocycles. The van der Waals surface area contributed by atoms with Gasteiger partial charge in [0.05, 0.1) is 30.3 Å². The summed E-state index contributed by atoms with van der Waals surface area (Å²) in [4.78, 5) is 7.58. The van der Waals surface area contributed by atoms with Crippen LogP contribution in [0.15, 0.2) is 48.9 Å². The third-order valence-corrected chi connectivity index (χ3v) is 10.5. The maximum atomic E-state index is 13.4. The van der Waals surface area contributed by atoms with Gasteiger partial charge in [0.1, 0.15) is 16.9 Å². The Bertz CT molecular complexity index is 1620. The van der Waals surface area contributed by atoms with E-state index in [1.54, 1.807) is 10.5 Å². The van der Waals surface area contributed by atoms with Crippen molar-refractivity contribution in [2.75, 3.05) is 25.4 Å². The van der Waals surface area contributed by atoms with Crippen molar-refractivity contribution in [3.63, 3.8) is 0 Å². The Morgan fingerprint density at radius 1 is 1.00 bits per heavy atom. The third kappa shape index (κ3) is 6.04. The molecule has 8 nitrogen and oxygen atoms in total. The molecule has 4 aromatic rings. The van der Waals surface area contributed by atoms with Gasteiger partial charge in [0.15, 0.2) is 0 Å². The molecule has 0 spiro atoms. The van der Waals surface area contributed by atoms with Gasteiger partial charge in [-0.15, -0.1) is 5.10 Å². The van der Waals surface area contributed by atoms with Crippen LogP contribution in [0.25, 0.3) is 21.9 Å². The molecule has 0 amide bonds. The summed E-state index contributed by atoms with van der Waals surface area (Å²) >= 11 is 0. The molecule has 1 atom stereocenters. The third-order valence-electron chi connectivity index (χ3n) is 8.49. The molecule has 1 saturated carbocycles. The number of hydrogen-bond acceptors (Lipinski definition) is 6. The number of ether oxygens (including phenoxy) is 1. The van der Waals surface area contributed by atoms with E-state index in [0.717, 1.165) is 78.2 Å². The molecule has 12 heteroatoms. The van der Waals surface area contributed by atoms with Crippen molar-refractivity contribution in [1.82, 2.24) is 24.5 Å². The van der Waals surface area contributed by atoms with Crippen LogP contribution in [0.5, 0.6) is 5.75 Å². The second-order valence-corrected chi connectivity index (χ2v) is 13.3. The van der Waals surface area contributed by atoms with Crippen LogP contribution in [-0.2, 0) is 16.2 Å². The van der Waals surface area contributed by atoms with Crippen molar-refractivity contribution < 1.29 is 26.3 Å². The smallest absolute Gasteiger partial charge is 0.416 e. The number of alkyl halides is 3. The molecule has 41 heavy (non-hydrogen) atoms. The van der Waals surface area contributed by atoms with E-state index in [2.05, 4.69) is 20.2 Å². The SMILES string of the molecule is O=S(=O)(CC1CCC(c2cnnc3cnc4[nH]ccc4c23)CC1)N1CCCC(COc2ccc(C(F)(F)F)cc2)C1. The van der Waals surface area contributed by atoms with E-state index in [1.807, 2.05) is 18.5 Å². The highest BCUT2D eigenvalue weighted by molar-refractivity contribution is 7.89. The van der Waals surface area contributed by atoms with Gasteiger partial charge in [-0.25, -0.2) is 17.7 Å². The van der Waals surface area contributed by atoms with Crippen molar-refractivity contribution in [1.29, 1.82) is 0 Å². The topological polar surface area (TPSA) is 101 Å². The fraction of sp³-hybridized carbons (Fsp3) is 0.483. The van der Waals surface area contributed by atoms with Gasteiger partial charge in [-0.05, 0) is 86.3 Å². The molecule has 0 radical (unpaired) electrons. The second-order valence-electron chi connectivity index (χ2n) is 11.3. The van der Waals surface area contributed by atoms with Crippen LogP contribution < -0.4 is 4.74 Å². The van der Waals surface area contributed by atoms with E-state index in [-0.39, 0.29) is 30.1 Å². The number of pyridine rings is 1. The summed E-state index contributed by atoms with van der Waals surface area (Å²) < 4.78 is 72.5. The average Bonchev–Trinajstić information content (AvgIpc) is 3.45. The van der Waals surface area contributed by atoms with E-state index in [0.29, 0.717) is 18.8 Å². The molecule has 3 aromatic heterocycles. The molecule has 2 aliphatic rings. The predicted molar refractivity (Wildman–Crippen MR) is 149 cm³/mol. The number of hydrogen-bond donors (Lipinski definition) is 1. The van der Waals surface area contributed by atoms with Gasteiger partial charge in [0, 0.05) is 36.0 Å². The Morgan fingerprint density at radius 2 is 1.78 bits per heavy atom. The average molecular weight is 588 g/mol. The fourth-order valence-electron chi connectivity index (χ4n) is 6.32. The largest absolute Gasteiger partial charge is 0.493 e. The minimum atomic E-state index is -4.40. The summed E-state index contributed by atoms with van der Waals surface area (Å²) in [6.07, 6.45) is 6.03. The Labute approximate surface area is 236 Å². The van der Waals surface area contributed by atoms with Crippen LogP contribution in [0.2, 0.25) is 0 Å². The highest BCUT2D eigenvalue weighted by atomic mass is 32.2. The van der Waals surface area contributed by atoms with Gasteiger partial charge in [-0.1, -0.05) is 0 Å². The highest BCUT2D eigenvalue weighted by Gasteiger charge is 2.34. The number of rotatable bonds is 7. The molecule has 1 unspecified atom stereocenters. The van der Waals surface area contributed by atoms with Crippen molar-refractivity contribution in [3.05, 3.63) is 60.0 Å². The predicted octanol–water partition coefficient (Wildman–Crippen LogP) is 5.92. The van der Waals surface area contributed by atoms with Crippen molar-refractivity contribution in [2.45, 2.75) is 50.6 Å². The van der Waals surface area contributed by atoms with Crippen LogP contribution in [0.3, 0.4) is 0 Å². The lowest BCUT2D eigenvalue weighted by molar-refractivity contribution is -0.137. The Kier molecular flexibility index (Phi) is 7.62. The summed E-state index contributed by atoms with van der Waals surface area (Å²) in [5, 5.41) is 10.6. The Balaban J connectivity index is 1.04. The number of nitrogens with zero attached hydrogens (tertiary/aromatic N) is 4. The summed E-state index contributed by atoms with van der Waals surface area (Å²) in [5.74, 6) is 0.849. The van der Waals surface area contributed by atoms with E-state index in [4.69, 9.17) is 4.74 Å². The molecule has 218 valence electrons. The molecular weight excluding hydrogens is 555 g/mol. The number of aromatic amines is 1. The molecule has 0 bridgehead atoms. The Hall–Kier alpha value is -3.25. The quantitative estimate of drug-likeness (QED) is 0.288. The number of benzene rings is 1. The summed E-state index contributed by atoms with van der Waals surface area (Å²) in [5.41, 5.74) is 2.00. The van der Waals surface area contributed by atoms with Gasteiger partial charge >= 0.3 is 6.18 Å². The zero-order valence-corrected chi connectivity index (χ0v) is 23.3. The van der Waals surface area contributed by atoms with Gasteiger partial charge in [-0.3, -0.25) is 0 Å². The molecule has 1 aliphatic carbocycles. The first-order valence-corrected chi connectivity index (χ1v) is 15.6. The number of piperidine rings is 1. The fourth-order valence-corrected chi connectivity index (χ4v) is 8.30. The van der Waals surface area contributed by atoms with Crippen LogP contribution in [0, 0.1) is 11.8 Å². The molecule has 1 N–H and O–H groups in total. The second kappa shape index (κ2) is 11.2. The standard InChI is InChI=1S/C29H32F3N5O3S/c30-29(31,32)22-7-9-23(10-8-22)40-17-20-2-1-13-37(16-20)41(38,39)18-19-3-5-21(6-4-19)25-14-35-36-26-15-34-28-24(27(25)26)11-12-33-28/h7-12,14-15,19-21H,1-6,13,16-18H2,(H,33,34). The van der Waals surface area contributed by atoms with Crippen LogP contribution in [-0.4, -0.2) is 58.3 Å². The highest BCUT2D eigenvalue weighted by Crippen LogP contribution is 2.40. The maximum absolute atomic E-state index is 13.4. The van der Waals surface area contributed by atoms with Crippen LogP contribution in [0.4, 0.5) is 13.2 Å². The molecule has 4 heterocycles. The van der Waals surface area contributed by atoms with Crippen molar-refractivity contribution in [2.24, 2.45) is 11.8 Å². The normalized spacial score (nSPS) is 22.8. The number of halogens is 3. The monoisotopic (exact) mass is 587 g/mol. The number of aromatic nitrogens is 4. The molecule has 1 aliphatic heterocycles. The van der Waals surface area contributed by atoms with Crippen molar-refractivity contribution >= 4 is 32.0 Å². The summed E-state index contributed by atoms with van der Waals surface area (Å²) in [6.45, 7) is 1.12. The molecule has 6 rings (SSSR count). The summed E-state index contributed by atoms with van der Waals surface area (Å²) in [7, 11) is -3.44. The lowest BCUT2D eigenvalue weighted by Gasteiger charge is -2.34. The lowest BCUT2D eigenvalue weighted by atomic mass is 9.79. The van der Waals surface area contributed by atoms with E-state index < -0.39 is 21.8 Å². The maximum Gasteiger partial charge on any atom is 0.416 e. The van der Waals surface area contributed by atoms with E-state index in [1.165, 1.54) is 12.1 Å². The number of fused-ring (bicyclic) bond motifs is 3. The first kappa shape index (κ1) is 27.9. The zero-order valence-electron chi connectivity index (χ0n) is 22.5. The van der Waals surface area contributed by atoms with Gasteiger partial charge in [-0.2, -0.15) is 18.3 Å². The van der Waals surface area contributed by atoms with Crippen LogP contribution >= 0.6 is 0 Å². The first-order chi connectivity index (χ1) is 19.7. The Morgan fingerprint density at radius 3 is 2.54 bits per heavy atom. The van der Waals surface area contributed by atoms with Gasteiger partial charge in [0.25, 0.3) is 0 Å². The summed E-state index contributed by atoms with van der Waals surface area (Å²) in [6, 6.07) is 6.60. The number of nitrogens with one attached hydrogen (secondary N) is 1. The molecule has 2 fully saturated rings. The first-order valence-electron chi connectivity index (χ1n) is 14.0. The minimum Gasteiger partial charge on any atom is -0.493 e. The lowest BCUT2D eigenvalue weighted by Crippen LogP contribution is -2.43. The molecular formula is C29H32F3N5O3S. The van der Waals surface area contributed by atoms with E-state index >= 15 is 0 Å². The zero-order chi connectivity index (χ0) is 28.6. The van der Waals surface area contributed by atoms with Crippen molar-refractivity contribution in [3.8, 4) is 5.75 Å². The van der Waals surface area contributed by atoms with E-state index in [9.17, 15) is 21.6 Å². The number of sulfonamides is 1. The van der Waals surface area contributed by atoms with Gasteiger partial charge in [0.2, 0.25) is 10.0 Å². The van der Waals surface area contributed by atoms with Crippen LogP contribution in [0.1, 0.15) is 55.6 Å².